The summed E-state index contributed by atoms with van der Waals surface area (Å²) in [4.78, 5) is 25.7. The summed E-state index contributed by atoms with van der Waals surface area (Å²) in [5.41, 5.74) is 6.82. The summed E-state index contributed by atoms with van der Waals surface area (Å²) in [7, 11) is 0. The fraction of sp³-hybridized carbons (Fsp3) is 0.333. The van der Waals surface area contributed by atoms with Gasteiger partial charge in [-0.05, 0) is 35.7 Å². The summed E-state index contributed by atoms with van der Waals surface area (Å²) >= 11 is 0. The molecule has 0 radical (unpaired) electrons. The monoisotopic (exact) mass is 354 g/mol. The van der Waals surface area contributed by atoms with Crippen molar-refractivity contribution in [3.05, 3.63) is 65.7 Å². The van der Waals surface area contributed by atoms with Crippen molar-refractivity contribution in [2.75, 3.05) is 13.2 Å². The highest BCUT2D eigenvalue weighted by molar-refractivity contribution is 5.94. The van der Waals surface area contributed by atoms with Crippen LogP contribution < -0.4 is 10.5 Å². The van der Waals surface area contributed by atoms with Crippen LogP contribution in [-0.4, -0.2) is 29.9 Å². The first kappa shape index (κ1) is 19.5. The number of carbonyl (C=O) groups excluding carboxylic acids is 2. The van der Waals surface area contributed by atoms with E-state index in [0.29, 0.717) is 24.6 Å². The van der Waals surface area contributed by atoms with Crippen LogP contribution in [0.5, 0.6) is 5.75 Å². The summed E-state index contributed by atoms with van der Waals surface area (Å²) in [6.07, 6.45) is 0.133. The number of primary amides is 1. The van der Waals surface area contributed by atoms with Crippen molar-refractivity contribution in [1.82, 2.24) is 4.90 Å². The molecule has 0 aromatic heterocycles. The topological polar surface area (TPSA) is 72.6 Å². The normalized spacial score (nSPS) is 10.6. The first-order chi connectivity index (χ1) is 12.5. The van der Waals surface area contributed by atoms with E-state index in [1.54, 1.807) is 29.2 Å². The zero-order valence-corrected chi connectivity index (χ0v) is 15.4. The molecule has 5 heteroatoms. The number of benzene rings is 2. The molecule has 0 heterocycles. The molecule has 0 saturated carbocycles. The summed E-state index contributed by atoms with van der Waals surface area (Å²) < 4.78 is 5.65. The molecule has 0 atom stereocenters. The van der Waals surface area contributed by atoms with Crippen molar-refractivity contribution in [3.8, 4) is 5.75 Å². The van der Waals surface area contributed by atoms with Gasteiger partial charge in [0.1, 0.15) is 5.75 Å². The number of carbonyl (C=O) groups is 2. The minimum Gasteiger partial charge on any atom is -0.493 e. The molecule has 2 amide bonds. The first-order valence-corrected chi connectivity index (χ1v) is 8.80. The molecule has 2 rings (SSSR count). The quantitative estimate of drug-likeness (QED) is 0.751. The van der Waals surface area contributed by atoms with Crippen molar-refractivity contribution in [2.45, 2.75) is 26.8 Å². The van der Waals surface area contributed by atoms with E-state index in [0.717, 1.165) is 11.3 Å². The molecular weight excluding hydrogens is 328 g/mol. The highest BCUT2D eigenvalue weighted by Crippen LogP contribution is 2.16. The van der Waals surface area contributed by atoms with Gasteiger partial charge < -0.3 is 15.4 Å². The van der Waals surface area contributed by atoms with E-state index < -0.39 is 5.91 Å². The van der Waals surface area contributed by atoms with Crippen LogP contribution in [0.3, 0.4) is 0 Å². The molecule has 26 heavy (non-hydrogen) atoms. The van der Waals surface area contributed by atoms with E-state index in [1.165, 1.54) is 0 Å². The average molecular weight is 354 g/mol. The van der Waals surface area contributed by atoms with Gasteiger partial charge in [0.15, 0.2) is 0 Å². The van der Waals surface area contributed by atoms with Gasteiger partial charge >= 0.3 is 0 Å². The zero-order chi connectivity index (χ0) is 18.9. The number of nitrogens with two attached hydrogens (primary N) is 1. The minimum absolute atomic E-state index is 0.133. The smallest absolute Gasteiger partial charge is 0.254 e. The molecular formula is C21H26N2O3. The minimum atomic E-state index is -0.423. The van der Waals surface area contributed by atoms with Crippen LogP contribution in [0.25, 0.3) is 0 Å². The predicted octanol–water partition coefficient (Wildman–Crippen LogP) is 3.24. The number of amides is 2. The molecule has 0 spiro atoms. The van der Waals surface area contributed by atoms with E-state index in [4.69, 9.17) is 10.5 Å². The van der Waals surface area contributed by atoms with Gasteiger partial charge in [-0.1, -0.05) is 44.2 Å². The van der Waals surface area contributed by atoms with E-state index in [1.807, 2.05) is 30.3 Å². The molecule has 5 nitrogen and oxygen atoms in total. The lowest BCUT2D eigenvalue weighted by Crippen LogP contribution is -2.33. The van der Waals surface area contributed by atoms with E-state index in [-0.39, 0.29) is 18.9 Å². The van der Waals surface area contributed by atoms with Crippen molar-refractivity contribution in [3.63, 3.8) is 0 Å². The highest BCUT2D eigenvalue weighted by atomic mass is 16.5. The zero-order valence-electron chi connectivity index (χ0n) is 15.4. The molecule has 0 aliphatic carbocycles. The molecule has 2 aromatic rings. The van der Waals surface area contributed by atoms with Gasteiger partial charge in [0.25, 0.3) is 5.91 Å². The van der Waals surface area contributed by atoms with Gasteiger partial charge in [-0.25, -0.2) is 0 Å². The van der Waals surface area contributed by atoms with E-state index in [2.05, 4.69) is 13.8 Å². The summed E-state index contributed by atoms with van der Waals surface area (Å²) in [5.74, 6) is 0.618. The Kier molecular flexibility index (Phi) is 7.21. The second-order valence-corrected chi connectivity index (χ2v) is 6.66. The van der Waals surface area contributed by atoms with Crippen LogP contribution in [0.1, 0.15) is 36.2 Å². The van der Waals surface area contributed by atoms with E-state index in [9.17, 15) is 9.59 Å². The maximum Gasteiger partial charge on any atom is 0.254 e. The molecule has 138 valence electrons. The van der Waals surface area contributed by atoms with Crippen molar-refractivity contribution < 1.29 is 14.3 Å². The third kappa shape index (κ3) is 6.24. The molecule has 0 saturated heterocycles. The Morgan fingerprint density at radius 2 is 1.69 bits per heavy atom. The van der Waals surface area contributed by atoms with Crippen molar-refractivity contribution in [1.29, 1.82) is 0 Å². The fourth-order valence-electron chi connectivity index (χ4n) is 2.44. The largest absolute Gasteiger partial charge is 0.493 e. The summed E-state index contributed by atoms with van der Waals surface area (Å²) in [6, 6.07) is 16.8. The third-order valence-corrected chi connectivity index (χ3v) is 3.82. The summed E-state index contributed by atoms with van der Waals surface area (Å²) in [6.45, 7) is 5.51. The molecule has 2 N–H and O–H groups in total. The Balaban J connectivity index is 2.10. The lowest BCUT2D eigenvalue weighted by Gasteiger charge is -2.22. The standard InChI is InChI=1S/C21H26N2O3/c1-16(2)15-26-19-10-8-18(9-11-19)21(25)23(13-12-20(22)24)14-17-6-4-3-5-7-17/h3-11,16H,12-15H2,1-2H3,(H2,22,24). The Bertz CT molecular complexity index is 712. The van der Waals surface area contributed by atoms with Gasteiger partial charge in [0.2, 0.25) is 5.91 Å². The number of hydrogen-bond donors (Lipinski definition) is 1. The van der Waals surface area contributed by atoms with E-state index >= 15 is 0 Å². The van der Waals surface area contributed by atoms with Gasteiger partial charge in [0.05, 0.1) is 6.61 Å². The Morgan fingerprint density at radius 3 is 2.27 bits per heavy atom. The second-order valence-electron chi connectivity index (χ2n) is 6.66. The number of nitrogens with zero attached hydrogens (tertiary/aromatic N) is 1. The average Bonchev–Trinajstić information content (AvgIpc) is 2.64. The predicted molar refractivity (Wildman–Crippen MR) is 102 cm³/mol. The fourth-order valence-corrected chi connectivity index (χ4v) is 2.44. The van der Waals surface area contributed by atoms with Crippen LogP contribution in [0.4, 0.5) is 0 Å². The van der Waals surface area contributed by atoms with Crippen molar-refractivity contribution in [2.24, 2.45) is 11.7 Å². The van der Waals surface area contributed by atoms with Crippen LogP contribution in [-0.2, 0) is 11.3 Å². The maximum atomic E-state index is 12.9. The molecule has 2 aromatic carbocycles. The van der Waals surface area contributed by atoms with Gasteiger partial charge in [-0.15, -0.1) is 0 Å². The van der Waals surface area contributed by atoms with Crippen LogP contribution in [0.2, 0.25) is 0 Å². The van der Waals surface area contributed by atoms with Crippen LogP contribution >= 0.6 is 0 Å². The number of rotatable bonds is 9. The lowest BCUT2D eigenvalue weighted by atomic mass is 10.1. The third-order valence-electron chi connectivity index (χ3n) is 3.82. The second kappa shape index (κ2) is 9.61. The molecule has 0 unspecified atom stereocenters. The summed E-state index contributed by atoms with van der Waals surface area (Å²) in [5, 5.41) is 0. The van der Waals surface area contributed by atoms with Gasteiger partial charge in [0, 0.05) is 25.1 Å². The lowest BCUT2D eigenvalue weighted by molar-refractivity contribution is -0.118. The number of hydrogen-bond acceptors (Lipinski definition) is 3. The first-order valence-electron chi connectivity index (χ1n) is 8.80. The number of ether oxygens (including phenoxy) is 1. The van der Waals surface area contributed by atoms with Crippen LogP contribution in [0.15, 0.2) is 54.6 Å². The Morgan fingerprint density at radius 1 is 1.04 bits per heavy atom. The molecule has 0 bridgehead atoms. The SMILES string of the molecule is CC(C)COc1ccc(C(=O)N(CCC(N)=O)Cc2ccccc2)cc1. The highest BCUT2D eigenvalue weighted by Gasteiger charge is 2.17. The molecule has 0 aliphatic rings. The van der Waals surface area contributed by atoms with Gasteiger partial charge in [-0.2, -0.15) is 0 Å². The maximum absolute atomic E-state index is 12.9. The Labute approximate surface area is 154 Å². The van der Waals surface area contributed by atoms with Crippen molar-refractivity contribution >= 4 is 11.8 Å². The molecule has 0 aliphatic heterocycles. The van der Waals surface area contributed by atoms with Gasteiger partial charge in [-0.3, -0.25) is 9.59 Å². The van der Waals surface area contributed by atoms with Crippen LogP contribution in [0, 0.1) is 5.92 Å². The Hall–Kier alpha value is -2.82. The molecule has 0 fully saturated rings.